The van der Waals surface area contributed by atoms with Crippen LogP contribution in [0.15, 0.2) is 120 Å². The van der Waals surface area contributed by atoms with Gasteiger partial charge in [0, 0.05) is 67.8 Å². The summed E-state index contributed by atoms with van der Waals surface area (Å²) in [6.07, 6.45) is 2.00. The molecular formula is C51H54N4O8. The number of aryl methyl sites for hydroxylation is 2. The Labute approximate surface area is 367 Å². The van der Waals surface area contributed by atoms with Crippen molar-refractivity contribution in [3.05, 3.63) is 153 Å². The normalized spacial score (nSPS) is 13.7. The molecule has 0 radical (unpaired) electrons. The molecule has 2 amide bonds. The van der Waals surface area contributed by atoms with Gasteiger partial charge in [0.05, 0.1) is 24.4 Å². The van der Waals surface area contributed by atoms with Crippen molar-refractivity contribution in [2.75, 3.05) is 44.0 Å². The summed E-state index contributed by atoms with van der Waals surface area (Å²) in [5.74, 6) is 0.459. The van der Waals surface area contributed by atoms with Crippen molar-refractivity contribution in [3.63, 3.8) is 0 Å². The van der Waals surface area contributed by atoms with Crippen molar-refractivity contribution in [2.24, 2.45) is 0 Å². The zero-order valence-corrected chi connectivity index (χ0v) is 35.9. The van der Waals surface area contributed by atoms with E-state index in [2.05, 4.69) is 15.2 Å². The third-order valence-corrected chi connectivity index (χ3v) is 11.9. The number of piperidine rings is 1. The number of aromatic nitrogens is 1. The van der Waals surface area contributed by atoms with Gasteiger partial charge in [0.2, 0.25) is 11.5 Å². The van der Waals surface area contributed by atoms with E-state index in [9.17, 15) is 29.4 Å². The highest BCUT2D eigenvalue weighted by molar-refractivity contribution is 6.00. The van der Waals surface area contributed by atoms with Crippen molar-refractivity contribution in [3.8, 4) is 22.6 Å². The van der Waals surface area contributed by atoms with Gasteiger partial charge in [-0.2, -0.15) is 0 Å². The van der Waals surface area contributed by atoms with E-state index in [1.54, 1.807) is 49.4 Å². The lowest BCUT2D eigenvalue weighted by molar-refractivity contribution is -0.118. The van der Waals surface area contributed by atoms with Crippen LogP contribution in [-0.2, 0) is 22.4 Å². The number of likely N-dealkylation sites (tertiary alicyclic amines) is 1. The zero-order chi connectivity index (χ0) is 44.5. The van der Waals surface area contributed by atoms with Gasteiger partial charge in [-0.3, -0.25) is 19.7 Å². The molecule has 1 saturated heterocycles. The van der Waals surface area contributed by atoms with Crippen LogP contribution in [0.4, 0.5) is 16.2 Å². The fourth-order valence-electron chi connectivity index (χ4n) is 8.29. The smallest absolute Gasteiger partial charge is 0.411 e. The van der Waals surface area contributed by atoms with E-state index >= 15 is 0 Å². The minimum atomic E-state index is -0.810. The molecule has 0 aliphatic carbocycles. The van der Waals surface area contributed by atoms with Gasteiger partial charge >= 0.3 is 6.09 Å². The van der Waals surface area contributed by atoms with Crippen LogP contribution in [-0.4, -0.2) is 77.8 Å². The second-order valence-electron chi connectivity index (χ2n) is 16.1. The monoisotopic (exact) mass is 850 g/mol. The number of aromatic hydroxyl groups is 1. The quantitative estimate of drug-likeness (QED) is 0.0698. The maximum atomic E-state index is 13.7. The SMILES string of the molecule is COc1cc(CC(=O)c2cccc(N(C)C(=O)CCN3CCC(OC(=O)Nc4ccccc4-c4ccccc4)CC3)c2)c(C)cc1CCC[C@H](O)c1ccc(O)c2[nH]c(=O)ccc12. The first-order valence-corrected chi connectivity index (χ1v) is 21.4. The molecule has 1 aromatic heterocycles. The van der Waals surface area contributed by atoms with E-state index in [4.69, 9.17) is 9.47 Å². The number of nitrogens with one attached hydrogen (secondary N) is 2. The molecule has 12 heteroatoms. The Balaban J connectivity index is 0.872. The number of pyridine rings is 1. The third-order valence-electron chi connectivity index (χ3n) is 11.9. The summed E-state index contributed by atoms with van der Waals surface area (Å²) in [6, 6.07) is 34.7. The molecule has 1 atom stereocenters. The molecule has 0 saturated carbocycles. The lowest BCUT2D eigenvalue weighted by atomic mass is 9.94. The van der Waals surface area contributed by atoms with Gasteiger partial charge in [-0.15, -0.1) is 0 Å². The highest BCUT2D eigenvalue weighted by Crippen LogP contribution is 2.33. The molecule has 0 unspecified atom stereocenters. The summed E-state index contributed by atoms with van der Waals surface area (Å²) in [5.41, 5.74) is 7.09. The van der Waals surface area contributed by atoms with Gasteiger partial charge in [0.1, 0.15) is 17.6 Å². The number of aliphatic hydroxyl groups excluding tert-OH is 1. The molecule has 5 aromatic carbocycles. The maximum absolute atomic E-state index is 13.7. The minimum absolute atomic E-state index is 0.0539. The number of hydrogen-bond donors (Lipinski definition) is 4. The fourth-order valence-corrected chi connectivity index (χ4v) is 8.29. The Hall–Kier alpha value is -6.76. The van der Waals surface area contributed by atoms with Gasteiger partial charge < -0.3 is 34.5 Å². The van der Waals surface area contributed by atoms with Crippen molar-refractivity contribution in [1.82, 2.24) is 9.88 Å². The number of methoxy groups -OCH3 is 1. The van der Waals surface area contributed by atoms with E-state index in [1.165, 1.54) is 12.1 Å². The molecular weight excluding hydrogens is 797 g/mol. The molecule has 6 aromatic rings. The van der Waals surface area contributed by atoms with E-state index in [1.807, 2.05) is 79.7 Å². The molecule has 2 heterocycles. The largest absolute Gasteiger partial charge is 0.506 e. The average Bonchev–Trinajstić information content (AvgIpc) is 3.29. The van der Waals surface area contributed by atoms with Gasteiger partial charge in [-0.25, -0.2) is 4.79 Å². The third kappa shape index (κ3) is 11.0. The number of carbonyl (C=O) groups is 3. The number of fused-ring (bicyclic) bond motifs is 1. The van der Waals surface area contributed by atoms with Crippen LogP contribution in [0, 0.1) is 6.92 Å². The number of rotatable bonds is 16. The fraction of sp³-hybridized carbons (Fsp3) is 0.294. The first kappa shape index (κ1) is 44.3. The van der Waals surface area contributed by atoms with Crippen molar-refractivity contribution in [2.45, 2.75) is 64.1 Å². The number of para-hydroxylation sites is 1. The topological polar surface area (TPSA) is 162 Å². The Morgan fingerprint density at radius 1 is 0.905 bits per heavy atom. The van der Waals surface area contributed by atoms with E-state index in [0.717, 1.165) is 27.8 Å². The Morgan fingerprint density at radius 3 is 2.44 bits per heavy atom. The summed E-state index contributed by atoms with van der Waals surface area (Å²) < 4.78 is 11.5. The Morgan fingerprint density at radius 2 is 1.67 bits per heavy atom. The number of anilines is 2. The van der Waals surface area contributed by atoms with Crippen LogP contribution >= 0.6 is 0 Å². The number of H-pyrrole nitrogens is 1. The number of phenols is 1. The average molecular weight is 851 g/mol. The van der Waals surface area contributed by atoms with E-state index in [-0.39, 0.29) is 35.5 Å². The number of carbonyl (C=O) groups excluding carboxylic acids is 3. The number of Topliss-reactive ketones (excluding diaryl/α,β-unsaturated/α-hetero) is 1. The van der Waals surface area contributed by atoms with Crippen LogP contribution in [0.25, 0.3) is 22.0 Å². The number of hydrogen-bond acceptors (Lipinski definition) is 9. The van der Waals surface area contributed by atoms with E-state index < -0.39 is 12.2 Å². The molecule has 326 valence electrons. The van der Waals surface area contributed by atoms with Crippen LogP contribution in [0.2, 0.25) is 0 Å². The molecule has 0 bridgehead atoms. The predicted molar refractivity (Wildman–Crippen MR) is 246 cm³/mol. The maximum Gasteiger partial charge on any atom is 0.411 e. The number of ether oxygens (including phenoxy) is 2. The Bertz CT molecular complexity index is 2640. The number of ketones is 1. The summed E-state index contributed by atoms with van der Waals surface area (Å²) in [6.45, 7) is 3.95. The molecule has 12 nitrogen and oxygen atoms in total. The van der Waals surface area contributed by atoms with Crippen LogP contribution in [0.3, 0.4) is 0 Å². The summed E-state index contributed by atoms with van der Waals surface area (Å²) >= 11 is 0. The molecule has 1 aliphatic heterocycles. The second kappa shape index (κ2) is 20.4. The van der Waals surface area contributed by atoms with Gasteiger partial charge in [-0.05, 0) is 103 Å². The summed E-state index contributed by atoms with van der Waals surface area (Å²) in [7, 11) is 3.32. The lowest BCUT2D eigenvalue weighted by Gasteiger charge is -2.31. The van der Waals surface area contributed by atoms with Gasteiger partial charge in [0.25, 0.3) is 0 Å². The highest BCUT2D eigenvalue weighted by Gasteiger charge is 2.24. The molecule has 0 spiro atoms. The number of phenolic OH excluding ortho intramolecular Hbond substituents is 1. The zero-order valence-electron chi connectivity index (χ0n) is 35.9. The molecule has 7 rings (SSSR count). The molecule has 1 aliphatic rings. The number of aromatic amines is 1. The number of amides is 2. The minimum Gasteiger partial charge on any atom is -0.506 e. The molecule has 63 heavy (non-hydrogen) atoms. The van der Waals surface area contributed by atoms with Crippen molar-refractivity contribution >= 4 is 40.1 Å². The van der Waals surface area contributed by atoms with Gasteiger partial charge in [-0.1, -0.05) is 72.8 Å². The van der Waals surface area contributed by atoms with Crippen molar-refractivity contribution in [1.29, 1.82) is 0 Å². The first-order chi connectivity index (χ1) is 30.5. The first-order valence-electron chi connectivity index (χ1n) is 21.4. The van der Waals surface area contributed by atoms with Crippen molar-refractivity contribution < 1.29 is 34.1 Å². The molecule has 4 N–H and O–H groups in total. The summed E-state index contributed by atoms with van der Waals surface area (Å²) in [4.78, 5) is 58.1. The van der Waals surface area contributed by atoms with Crippen LogP contribution < -0.4 is 20.5 Å². The summed E-state index contributed by atoms with van der Waals surface area (Å²) in [5, 5.41) is 24.8. The highest BCUT2D eigenvalue weighted by atomic mass is 16.6. The second-order valence-corrected chi connectivity index (χ2v) is 16.1. The van der Waals surface area contributed by atoms with E-state index in [0.29, 0.717) is 97.3 Å². The van der Waals surface area contributed by atoms with Crippen LogP contribution in [0.1, 0.15) is 70.8 Å². The Kier molecular flexibility index (Phi) is 14.3. The number of nitrogens with zero attached hydrogens (tertiary/aromatic N) is 2. The lowest BCUT2D eigenvalue weighted by Crippen LogP contribution is -2.40. The number of benzene rings is 5. The molecule has 1 fully saturated rings. The van der Waals surface area contributed by atoms with Gasteiger partial charge in [0.15, 0.2) is 5.78 Å². The predicted octanol–water partition coefficient (Wildman–Crippen LogP) is 8.77. The standard InChI is InChI=1S/C51H54N4O8/c1-33-29-36(14-10-18-44(56)41-19-21-45(57)50-42(41)20-22-48(59)53-50)47(62-3)32-37(33)31-46(58)35-13-9-15-38(30-35)54(2)49(60)25-28-55-26-23-39(24-27-55)63-51(61)52-43-17-8-7-16-40(43)34-11-5-4-6-12-34/h4-9,11-13,15-17,19-22,29-30,32,39,44,56-57H,10,14,18,23-28,31H2,1-3H3,(H,52,61)(H,53,59)/t44-/m0/s1. The van der Waals surface area contributed by atoms with Crippen LogP contribution in [0.5, 0.6) is 11.5 Å². The number of aliphatic hydroxyl groups is 1.